The topological polar surface area (TPSA) is 45.2 Å². The van der Waals surface area contributed by atoms with Crippen LogP contribution in [-0.4, -0.2) is 34.9 Å². The molecule has 0 saturated carbocycles. The number of hydrogen-bond acceptors (Lipinski definition) is 2. The molecule has 0 bridgehead atoms. The molecule has 0 unspecified atom stereocenters. The molecule has 1 N–H and O–H groups in total. The standard InChI is InChI=1S/C16H21F2N3O/c17-16(18)6-3-8-21(9-7-16)15(22)20-14-10-12-4-1-2-5-13(12)11-19-14/h10-11H,1-9H2,(H,19,20,22). The first-order chi connectivity index (χ1) is 10.5. The van der Waals surface area contributed by atoms with Crippen LogP contribution in [0.1, 0.15) is 43.2 Å². The first-order valence-corrected chi connectivity index (χ1v) is 7.95. The Kier molecular flexibility index (Phi) is 4.27. The Morgan fingerprint density at radius 1 is 1.14 bits per heavy atom. The smallest absolute Gasteiger partial charge is 0.323 e. The second-order valence-corrected chi connectivity index (χ2v) is 6.17. The molecule has 22 heavy (non-hydrogen) atoms. The number of rotatable bonds is 1. The van der Waals surface area contributed by atoms with E-state index in [-0.39, 0.29) is 25.4 Å². The monoisotopic (exact) mass is 309 g/mol. The fourth-order valence-corrected chi connectivity index (χ4v) is 3.14. The number of hydrogen-bond donors (Lipinski definition) is 1. The number of likely N-dealkylation sites (tertiary alicyclic amines) is 1. The van der Waals surface area contributed by atoms with Gasteiger partial charge in [-0.1, -0.05) is 0 Å². The van der Waals surface area contributed by atoms with Gasteiger partial charge < -0.3 is 4.90 Å². The number of anilines is 1. The number of aromatic nitrogens is 1. The number of urea groups is 1. The van der Waals surface area contributed by atoms with Gasteiger partial charge in [-0.2, -0.15) is 0 Å². The van der Waals surface area contributed by atoms with Gasteiger partial charge in [0.1, 0.15) is 5.82 Å². The van der Waals surface area contributed by atoms with E-state index in [4.69, 9.17) is 0 Å². The second-order valence-electron chi connectivity index (χ2n) is 6.17. The molecule has 2 aliphatic rings. The van der Waals surface area contributed by atoms with Crippen molar-refractivity contribution in [1.82, 2.24) is 9.88 Å². The average molecular weight is 309 g/mol. The summed E-state index contributed by atoms with van der Waals surface area (Å²) in [6.07, 6.45) is 6.13. The molecule has 4 nitrogen and oxygen atoms in total. The van der Waals surface area contributed by atoms with Gasteiger partial charge in [0, 0.05) is 32.1 Å². The Balaban J connectivity index is 1.64. The lowest BCUT2D eigenvalue weighted by Gasteiger charge is -2.21. The number of carbonyl (C=O) groups excluding carboxylic acids is 1. The highest BCUT2D eigenvalue weighted by Gasteiger charge is 2.33. The molecule has 2 heterocycles. The number of nitrogens with one attached hydrogen (secondary N) is 1. The molecule has 2 amide bonds. The first kappa shape index (κ1) is 15.2. The summed E-state index contributed by atoms with van der Waals surface area (Å²) in [5.41, 5.74) is 2.48. The SMILES string of the molecule is O=C(Nc1cc2c(cn1)CCCC2)N1CCCC(F)(F)CC1. The average Bonchev–Trinajstić information content (AvgIpc) is 2.68. The zero-order valence-corrected chi connectivity index (χ0v) is 12.6. The van der Waals surface area contributed by atoms with Crippen LogP contribution in [0.5, 0.6) is 0 Å². The zero-order valence-electron chi connectivity index (χ0n) is 12.6. The maximum absolute atomic E-state index is 13.3. The van der Waals surface area contributed by atoms with Crippen molar-refractivity contribution in [1.29, 1.82) is 0 Å². The summed E-state index contributed by atoms with van der Waals surface area (Å²) in [5, 5.41) is 2.75. The van der Waals surface area contributed by atoms with E-state index in [2.05, 4.69) is 10.3 Å². The predicted octanol–water partition coefficient (Wildman–Crippen LogP) is 3.61. The van der Waals surface area contributed by atoms with Crippen LogP contribution >= 0.6 is 0 Å². The molecule has 1 aromatic rings. The summed E-state index contributed by atoms with van der Waals surface area (Å²) in [4.78, 5) is 18.0. The van der Waals surface area contributed by atoms with Gasteiger partial charge in [-0.25, -0.2) is 18.6 Å². The molecule has 0 aromatic carbocycles. The molecule has 1 saturated heterocycles. The van der Waals surface area contributed by atoms with Gasteiger partial charge in [-0.3, -0.25) is 5.32 Å². The van der Waals surface area contributed by atoms with Crippen molar-refractivity contribution < 1.29 is 13.6 Å². The van der Waals surface area contributed by atoms with Crippen molar-refractivity contribution >= 4 is 11.8 Å². The van der Waals surface area contributed by atoms with Gasteiger partial charge in [-0.15, -0.1) is 0 Å². The number of alkyl halides is 2. The largest absolute Gasteiger partial charge is 0.324 e. The maximum atomic E-state index is 13.3. The van der Waals surface area contributed by atoms with Crippen molar-refractivity contribution in [3.63, 3.8) is 0 Å². The minimum Gasteiger partial charge on any atom is -0.324 e. The number of aryl methyl sites for hydroxylation is 2. The fraction of sp³-hybridized carbons (Fsp3) is 0.625. The Morgan fingerprint density at radius 2 is 1.91 bits per heavy atom. The van der Waals surface area contributed by atoms with Gasteiger partial charge in [-0.05, 0) is 49.3 Å². The summed E-state index contributed by atoms with van der Waals surface area (Å²) in [6, 6.07) is 1.58. The summed E-state index contributed by atoms with van der Waals surface area (Å²) in [6.45, 7) is 0.455. The molecular formula is C16H21F2N3O. The number of fused-ring (bicyclic) bond motifs is 1. The molecule has 3 rings (SSSR count). The summed E-state index contributed by atoms with van der Waals surface area (Å²) >= 11 is 0. The van der Waals surface area contributed by atoms with Crippen LogP contribution in [0.15, 0.2) is 12.3 Å². The zero-order chi connectivity index (χ0) is 15.6. The van der Waals surface area contributed by atoms with E-state index in [0.717, 1.165) is 19.3 Å². The Hall–Kier alpha value is -1.72. The highest BCUT2D eigenvalue weighted by Crippen LogP contribution is 2.28. The number of nitrogens with zero attached hydrogens (tertiary/aromatic N) is 2. The van der Waals surface area contributed by atoms with Gasteiger partial charge in [0.25, 0.3) is 0 Å². The van der Waals surface area contributed by atoms with E-state index in [0.29, 0.717) is 18.8 Å². The van der Waals surface area contributed by atoms with Crippen molar-refractivity contribution in [2.75, 3.05) is 18.4 Å². The summed E-state index contributed by atoms with van der Waals surface area (Å²) in [7, 11) is 0. The Bertz CT molecular complexity index is 562. The van der Waals surface area contributed by atoms with Crippen molar-refractivity contribution in [3.8, 4) is 0 Å². The molecule has 0 atom stereocenters. The van der Waals surface area contributed by atoms with E-state index in [1.54, 1.807) is 0 Å². The molecule has 6 heteroatoms. The van der Waals surface area contributed by atoms with E-state index >= 15 is 0 Å². The highest BCUT2D eigenvalue weighted by molar-refractivity contribution is 5.88. The Labute approximate surface area is 128 Å². The molecular weight excluding hydrogens is 288 g/mol. The predicted molar refractivity (Wildman–Crippen MR) is 80.3 cm³/mol. The number of carbonyl (C=O) groups is 1. The highest BCUT2D eigenvalue weighted by atomic mass is 19.3. The van der Waals surface area contributed by atoms with Gasteiger partial charge in [0.2, 0.25) is 5.92 Å². The van der Waals surface area contributed by atoms with Gasteiger partial charge >= 0.3 is 6.03 Å². The number of amides is 2. The van der Waals surface area contributed by atoms with Gasteiger partial charge in [0.05, 0.1) is 0 Å². The van der Waals surface area contributed by atoms with Crippen molar-refractivity contribution in [2.24, 2.45) is 0 Å². The quantitative estimate of drug-likeness (QED) is 0.861. The van der Waals surface area contributed by atoms with E-state index in [1.807, 2.05) is 12.3 Å². The lowest BCUT2D eigenvalue weighted by Crippen LogP contribution is -2.36. The van der Waals surface area contributed by atoms with Crippen molar-refractivity contribution in [2.45, 2.75) is 50.9 Å². The second kappa shape index (κ2) is 6.18. The fourth-order valence-electron chi connectivity index (χ4n) is 3.14. The lowest BCUT2D eigenvalue weighted by molar-refractivity contribution is -0.0121. The van der Waals surface area contributed by atoms with Crippen LogP contribution in [0.25, 0.3) is 0 Å². The minimum atomic E-state index is -2.65. The molecule has 1 aliphatic carbocycles. The molecule has 1 fully saturated rings. The first-order valence-electron chi connectivity index (χ1n) is 7.95. The third-order valence-corrected chi connectivity index (χ3v) is 4.47. The summed E-state index contributed by atoms with van der Waals surface area (Å²) < 4.78 is 26.7. The maximum Gasteiger partial charge on any atom is 0.323 e. The van der Waals surface area contributed by atoms with Crippen LogP contribution < -0.4 is 5.32 Å². The summed E-state index contributed by atoms with van der Waals surface area (Å²) in [5.74, 6) is -2.14. The number of halogens is 2. The van der Waals surface area contributed by atoms with E-state index in [1.165, 1.54) is 22.4 Å². The van der Waals surface area contributed by atoms with Crippen LogP contribution in [0.4, 0.5) is 19.4 Å². The van der Waals surface area contributed by atoms with Crippen LogP contribution in [0.3, 0.4) is 0 Å². The van der Waals surface area contributed by atoms with E-state index < -0.39 is 5.92 Å². The normalized spacial score (nSPS) is 20.9. The molecule has 1 aromatic heterocycles. The molecule has 0 spiro atoms. The minimum absolute atomic E-state index is 0.0871. The third-order valence-electron chi connectivity index (χ3n) is 4.47. The van der Waals surface area contributed by atoms with Gasteiger partial charge in [0.15, 0.2) is 0 Å². The number of pyridine rings is 1. The Morgan fingerprint density at radius 3 is 2.73 bits per heavy atom. The molecule has 120 valence electrons. The van der Waals surface area contributed by atoms with E-state index in [9.17, 15) is 13.6 Å². The molecule has 0 radical (unpaired) electrons. The third kappa shape index (κ3) is 3.54. The van der Waals surface area contributed by atoms with Crippen LogP contribution in [-0.2, 0) is 12.8 Å². The lowest BCUT2D eigenvalue weighted by atomic mass is 9.93. The molecule has 1 aliphatic heterocycles. The van der Waals surface area contributed by atoms with Crippen molar-refractivity contribution in [3.05, 3.63) is 23.4 Å². The van der Waals surface area contributed by atoms with Crippen LogP contribution in [0, 0.1) is 0 Å². The van der Waals surface area contributed by atoms with Crippen LogP contribution in [0.2, 0.25) is 0 Å².